The number of amides is 3. The molecule has 3 aromatic rings. The number of hydrogen-bond donors (Lipinski definition) is 3. The van der Waals surface area contributed by atoms with Gasteiger partial charge < -0.3 is 72.8 Å². The molecule has 4 saturated carbocycles. The molecule has 27 heteroatoms. The van der Waals surface area contributed by atoms with Crippen molar-refractivity contribution in [3.63, 3.8) is 0 Å². The molecule has 5 aliphatic carbocycles. The molecule has 22 unspecified atom stereocenters. The van der Waals surface area contributed by atoms with Crippen molar-refractivity contribution in [2.45, 2.75) is 246 Å². The normalized spacial score (nSPS) is 33.7. The molecule has 0 radical (unpaired) electrons. The van der Waals surface area contributed by atoms with Gasteiger partial charge in [-0.25, -0.2) is 14.4 Å². The summed E-state index contributed by atoms with van der Waals surface area (Å²) < 4.78 is 72.6. The van der Waals surface area contributed by atoms with Gasteiger partial charge in [-0.15, -0.1) is 0 Å². The van der Waals surface area contributed by atoms with Crippen molar-refractivity contribution < 1.29 is 114 Å². The highest BCUT2D eigenvalue weighted by molar-refractivity contribution is 5.96. The number of carbonyl (C=O) groups excluding carboxylic acids is 12. The van der Waals surface area contributed by atoms with Crippen LogP contribution in [0.4, 0.5) is 0 Å². The molecule has 10 rings (SSSR count). The van der Waals surface area contributed by atoms with Crippen LogP contribution in [0.15, 0.2) is 103 Å². The third kappa shape index (κ3) is 17.2. The van der Waals surface area contributed by atoms with E-state index in [9.17, 15) is 43.2 Å². The number of benzene rings is 3. The second kappa shape index (κ2) is 33.3. The van der Waals surface area contributed by atoms with Gasteiger partial charge in [0.15, 0.2) is 67.2 Å². The SMILES string of the molecule is COC(=O)C(Cc1ccccc1)NC(=O)C1OC(OC2C(OC3CCC4(C)C(CCC5(C)C4C(=O)C=C4C6CC(C)(C(=O)NC(Cc7ccccc7)C(=O)OC)CCC6(C)CCC45C)C3(C)C)OC(C(=O)NC(Cc3ccccc3)C(=O)OC)C(OC(C)=O)C2OC(C)=O)C(OC(C)=O)C(OC(C)=O)C1OC(C)=O. The zero-order chi connectivity index (χ0) is 79.5. The number of rotatable bonds is 24. The summed E-state index contributed by atoms with van der Waals surface area (Å²) in [7, 11) is 3.53. The van der Waals surface area contributed by atoms with E-state index in [2.05, 4.69) is 43.6 Å². The summed E-state index contributed by atoms with van der Waals surface area (Å²) >= 11 is 0. The number of methoxy groups -OCH3 is 3. The molecule has 3 amide bonds. The van der Waals surface area contributed by atoms with Gasteiger partial charge in [0, 0.05) is 65.2 Å². The highest BCUT2D eigenvalue weighted by Gasteiger charge is 2.71. The van der Waals surface area contributed by atoms with Gasteiger partial charge in [-0.2, -0.15) is 0 Å². The lowest BCUT2D eigenvalue weighted by Crippen LogP contribution is -2.70. The molecule has 2 aliphatic heterocycles. The number of allylic oxidation sites excluding steroid dienone is 2. The predicted octanol–water partition coefficient (Wildman–Crippen LogP) is 7.55. The maximum Gasteiger partial charge on any atom is 0.328 e. The van der Waals surface area contributed by atoms with E-state index in [1.165, 1.54) is 7.11 Å². The third-order valence-electron chi connectivity index (χ3n) is 24.9. The second-order valence-electron chi connectivity index (χ2n) is 32.3. The molecule has 109 heavy (non-hydrogen) atoms. The summed E-state index contributed by atoms with van der Waals surface area (Å²) in [5, 5.41) is 8.38. The topological polar surface area (TPSA) is 352 Å². The van der Waals surface area contributed by atoms with Gasteiger partial charge in [-0.1, -0.05) is 145 Å². The number of hydrogen-bond acceptors (Lipinski definition) is 24. The lowest BCUT2D eigenvalue weighted by Gasteiger charge is -2.70. The number of ketones is 1. The van der Waals surface area contributed by atoms with E-state index in [1.54, 1.807) is 60.7 Å². The lowest BCUT2D eigenvalue weighted by atomic mass is 9.33. The van der Waals surface area contributed by atoms with Crippen molar-refractivity contribution in [1.82, 2.24) is 16.0 Å². The van der Waals surface area contributed by atoms with Gasteiger partial charge in [-0.05, 0) is 119 Å². The monoisotopic (exact) mass is 1520 g/mol. The summed E-state index contributed by atoms with van der Waals surface area (Å²) in [6.07, 6.45) is -14.3. The first-order valence-corrected chi connectivity index (χ1v) is 37.5. The van der Waals surface area contributed by atoms with Crippen molar-refractivity contribution >= 4 is 71.3 Å². The van der Waals surface area contributed by atoms with Crippen LogP contribution in [0.25, 0.3) is 0 Å². The number of carbonyl (C=O) groups is 12. The van der Waals surface area contributed by atoms with Crippen LogP contribution in [-0.2, 0) is 134 Å². The lowest BCUT2D eigenvalue weighted by molar-refractivity contribution is -0.370. The molecule has 0 spiro atoms. The minimum absolute atomic E-state index is 0.0232. The Morgan fingerprint density at radius 1 is 0.468 bits per heavy atom. The van der Waals surface area contributed by atoms with E-state index in [4.69, 9.17) is 56.8 Å². The van der Waals surface area contributed by atoms with Crippen LogP contribution in [0.2, 0.25) is 0 Å². The van der Waals surface area contributed by atoms with Crippen LogP contribution >= 0.6 is 0 Å². The van der Waals surface area contributed by atoms with Crippen molar-refractivity contribution in [2.75, 3.05) is 21.3 Å². The van der Waals surface area contributed by atoms with E-state index in [0.29, 0.717) is 49.7 Å². The molecule has 2 heterocycles. The van der Waals surface area contributed by atoms with Gasteiger partial charge in [-0.3, -0.25) is 43.2 Å². The summed E-state index contributed by atoms with van der Waals surface area (Å²) in [5.41, 5.74) is -0.876. The minimum Gasteiger partial charge on any atom is -0.467 e. The summed E-state index contributed by atoms with van der Waals surface area (Å²) in [4.78, 5) is 169. The van der Waals surface area contributed by atoms with Crippen LogP contribution in [0, 0.1) is 50.2 Å². The minimum atomic E-state index is -2.21. The molecule has 22 atom stereocenters. The quantitative estimate of drug-likeness (QED) is 0.0442. The Bertz CT molecular complexity index is 3950. The van der Waals surface area contributed by atoms with Gasteiger partial charge in [0.05, 0.1) is 27.4 Å². The molecule has 0 bridgehead atoms. The fraction of sp³-hybridized carbons (Fsp3) is 0.610. The third-order valence-corrected chi connectivity index (χ3v) is 24.9. The Labute approximate surface area is 635 Å². The molecular formula is C82H105N3O24. The van der Waals surface area contributed by atoms with Crippen molar-refractivity contribution in [2.24, 2.45) is 50.2 Å². The number of fused-ring (bicyclic) bond motifs is 7. The number of ether oxygens (including phenoxy) is 12. The van der Waals surface area contributed by atoms with Crippen molar-refractivity contribution in [3.05, 3.63) is 119 Å². The zero-order valence-corrected chi connectivity index (χ0v) is 64.8. The van der Waals surface area contributed by atoms with E-state index >= 15 is 14.4 Å². The standard InChI is InChI=1S/C82H105N3O24/c1-44(86)101-60-62(103-46(3)88)66(105-48(5)90)75(108-65(60)70(93)84-55(72(95)99-14)40-50-27-21-17-22-28-50)109-67-63(104-47(4)89)61(102-45(2)87)64(69(92)83-54(71(94)98-13)39-49-25-19-16-20-26-49)107-74(67)106-59-32-33-80(10)58(77(59,6)7)31-34-82(12)68(80)57(91)42-52-53-43-79(9,36-35-78(53,8)37-38-81(52,82)11)76(97)85-56(73(96)100-15)41-51-29-23-18-24-30-51/h16-30,42,53-56,58-68,74-75H,31-41,43H2,1-15H3,(H,83,92)(H,84,93)(H,85,97). The summed E-state index contributed by atoms with van der Waals surface area (Å²) in [5.74, 6) is -11.1. The highest BCUT2D eigenvalue weighted by Crippen LogP contribution is 2.75. The Hall–Kier alpha value is -8.92. The molecule has 0 aromatic heterocycles. The second-order valence-corrected chi connectivity index (χ2v) is 32.3. The van der Waals surface area contributed by atoms with Crippen LogP contribution in [0.1, 0.15) is 158 Å². The van der Waals surface area contributed by atoms with Crippen LogP contribution in [0.3, 0.4) is 0 Å². The maximum atomic E-state index is 15.9. The Morgan fingerprint density at radius 3 is 1.31 bits per heavy atom. The van der Waals surface area contributed by atoms with E-state index in [1.807, 2.05) is 57.2 Å². The average Bonchev–Trinajstić information content (AvgIpc) is 0.672. The van der Waals surface area contributed by atoms with Crippen molar-refractivity contribution in [1.29, 1.82) is 0 Å². The van der Waals surface area contributed by atoms with E-state index in [-0.39, 0.29) is 54.6 Å². The molecule has 3 aromatic carbocycles. The van der Waals surface area contributed by atoms with Gasteiger partial charge in [0.25, 0.3) is 11.8 Å². The first-order chi connectivity index (χ1) is 51.4. The van der Waals surface area contributed by atoms with Crippen LogP contribution in [-0.4, -0.2) is 178 Å². The molecule has 6 fully saturated rings. The Balaban J connectivity index is 1.03. The Morgan fingerprint density at radius 2 is 0.872 bits per heavy atom. The van der Waals surface area contributed by atoms with E-state index in [0.717, 1.165) is 72.8 Å². The van der Waals surface area contributed by atoms with E-state index < -0.39 is 178 Å². The number of esters is 8. The first kappa shape index (κ1) is 82.6. The number of nitrogens with one attached hydrogen (secondary N) is 3. The predicted molar refractivity (Wildman–Crippen MR) is 387 cm³/mol. The molecule has 7 aliphatic rings. The summed E-state index contributed by atoms with van der Waals surface area (Å²) in [6.45, 7) is 19.9. The zero-order valence-electron chi connectivity index (χ0n) is 64.8. The maximum absolute atomic E-state index is 15.9. The molecular weight excluding hydrogens is 1410 g/mol. The molecule has 27 nitrogen and oxygen atoms in total. The Kier molecular flexibility index (Phi) is 25.3. The average molecular weight is 1520 g/mol. The molecule has 2 saturated heterocycles. The van der Waals surface area contributed by atoms with Crippen LogP contribution < -0.4 is 16.0 Å². The van der Waals surface area contributed by atoms with Gasteiger partial charge in [0.2, 0.25) is 5.91 Å². The first-order valence-electron chi connectivity index (χ1n) is 37.5. The van der Waals surface area contributed by atoms with Crippen LogP contribution in [0.5, 0.6) is 0 Å². The van der Waals surface area contributed by atoms with Gasteiger partial charge >= 0.3 is 47.8 Å². The molecule has 3 N–H and O–H groups in total. The smallest absolute Gasteiger partial charge is 0.328 e. The fourth-order valence-corrected chi connectivity index (χ4v) is 19.3. The molecule has 592 valence electrons. The summed E-state index contributed by atoms with van der Waals surface area (Å²) in [6, 6.07) is 22.8. The highest BCUT2D eigenvalue weighted by atomic mass is 16.8. The van der Waals surface area contributed by atoms with Crippen molar-refractivity contribution in [3.8, 4) is 0 Å². The fourth-order valence-electron chi connectivity index (χ4n) is 19.3. The van der Waals surface area contributed by atoms with Gasteiger partial charge in [0.1, 0.15) is 18.1 Å². The largest absolute Gasteiger partial charge is 0.467 e.